The fraction of sp³-hybridized carbons (Fsp3) is 0.700. The van der Waals surface area contributed by atoms with Crippen molar-refractivity contribution in [3.05, 3.63) is 0 Å². The quantitative estimate of drug-likeness (QED) is 0.466. The van der Waals surface area contributed by atoms with E-state index in [1.165, 1.54) is 14.0 Å². The van der Waals surface area contributed by atoms with Crippen molar-refractivity contribution in [1.29, 1.82) is 0 Å². The number of likely N-dealkylation sites (N-methyl/N-ethyl adjacent to an activating group) is 1. The van der Waals surface area contributed by atoms with Gasteiger partial charge in [0.15, 0.2) is 0 Å². The molecule has 0 rings (SSSR count). The van der Waals surface area contributed by atoms with Crippen LogP contribution >= 0.6 is 0 Å². The van der Waals surface area contributed by atoms with E-state index < -0.39 is 24.1 Å². The second-order valence-electron chi connectivity index (χ2n) is 3.56. The van der Waals surface area contributed by atoms with Gasteiger partial charge in [0.2, 0.25) is 0 Å². The summed E-state index contributed by atoms with van der Waals surface area (Å²) in [4.78, 5) is 32.2. The van der Waals surface area contributed by atoms with Crippen LogP contribution in [0.25, 0.3) is 0 Å². The molecule has 0 saturated heterocycles. The van der Waals surface area contributed by atoms with E-state index in [1.54, 1.807) is 6.92 Å². The predicted octanol–water partition coefficient (Wildman–Crippen LogP) is -0.184. The van der Waals surface area contributed by atoms with Gasteiger partial charge in [0.05, 0.1) is 0 Å². The Morgan fingerprint density at radius 1 is 1.50 bits per heavy atom. The van der Waals surface area contributed by atoms with Crippen LogP contribution in [0.1, 0.15) is 20.3 Å². The Morgan fingerprint density at radius 2 is 2.06 bits per heavy atom. The van der Waals surface area contributed by atoms with Crippen LogP contribution in [0.5, 0.6) is 0 Å². The molecule has 0 aliphatic rings. The van der Waals surface area contributed by atoms with Gasteiger partial charge < -0.3 is 20.0 Å². The number of hydrogen-bond acceptors (Lipinski definition) is 5. The lowest BCUT2D eigenvalue weighted by molar-refractivity contribution is -0.157. The summed E-state index contributed by atoms with van der Waals surface area (Å²) in [6.45, 7) is 2.87. The van der Waals surface area contributed by atoms with Crippen molar-refractivity contribution in [2.24, 2.45) is 5.92 Å². The highest BCUT2D eigenvalue weighted by atomic mass is 16.5. The molecule has 2 N–H and O–H groups in total. The highest BCUT2D eigenvalue weighted by molar-refractivity contribution is 5.75. The number of carboxylic acids is 1. The molecule has 3 atom stereocenters. The number of ether oxygens (including phenoxy) is 1. The minimum Gasteiger partial charge on any atom is -0.480 e. The first kappa shape index (κ1) is 14.6. The van der Waals surface area contributed by atoms with Crippen LogP contribution in [0.2, 0.25) is 0 Å². The topological polar surface area (TPSA) is 92.7 Å². The van der Waals surface area contributed by atoms with Gasteiger partial charge in [-0.05, 0) is 7.05 Å². The van der Waals surface area contributed by atoms with Crippen molar-refractivity contribution in [2.75, 3.05) is 7.05 Å². The molecule has 0 bridgehead atoms. The molecule has 0 aromatic carbocycles. The molecule has 0 radical (unpaired) electrons. The van der Waals surface area contributed by atoms with Crippen molar-refractivity contribution in [2.45, 2.75) is 32.4 Å². The Morgan fingerprint density at radius 3 is 2.38 bits per heavy atom. The zero-order valence-corrected chi connectivity index (χ0v) is 9.60. The fourth-order valence-corrected chi connectivity index (χ4v) is 1.42. The summed E-state index contributed by atoms with van der Waals surface area (Å²) < 4.78 is 4.94. The van der Waals surface area contributed by atoms with E-state index >= 15 is 0 Å². The van der Waals surface area contributed by atoms with Crippen LogP contribution in [0.3, 0.4) is 0 Å². The predicted molar refractivity (Wildman–Crippen MR) is 55.9 cm³/mol. The van der Waals surface area contributed by atoms with Crippen molar-refractivity contribution in [3.63, 3.8) is 0 Å². The Balaban J connectivity index is 4.81. The van der Waals surface area contributed by atoms with E-state index in [-0.39, 0.29) is 12.3 Å². The lowest BCUT2D eigenvalue weighted by atomic mass is 9.95. The summed E-state index contributed by atoms with van der Waals surface area (Å²) >= 11 is 0. The zero-order chi connectivity index (χ0) is 12.7. The number of esters is 1. The van der Waals surface area contributed by atoms with Crippen LogP contribution in [-0.4, -0.2) is 42.5 Å². The summed E-state index contributed by atoms with van der Waals surface area (Å²) in [5.41, 5.74) is 0. The van der Waals surface area contributed by atoms with Crippen molar-refractivity contribution in [1.82, 2.24) is 5.32 Å². The molecule has 0 aromatic heterocycles. The Kier molecular flexibility index (Phi) is 6.32. The maximum Gasteiger partial charge on any atom is 0.324 e. The highest BCUT2D eigenvalue weighted by Crippen LogP contribution is 2.15. The zero-order valence-electron chi connectivity index (χ0n) is 9.60. The maximum absolute atomic E-state index is 10.9. The molecule has 0 heterocycles. The first-order valence-corrected chi connectivity index (χ1v) is 4.95. The lowest BCUT2D eigenvalue weighted by Gasteiger charge is -2.27. The third-order valence-corrected chi connectivity index (χ3v) is 2.24. The number of carboxylic acid groups (broad SMARTS) is 1. The summed E-state index contributed by atoms with van der Waals surface area (Å²) in [6.07, 6.45) is -0.0377. The van der Waals surface area contributed by atoms with Crippen LogP contribution in [0.15, 0.2) is 0 Å². The molecule has 0 fully saturated rings. The third-order valence-electron chi connectivity index (χ3n) is 2.24. The van der Waals surface area contributed by atoms with Crippen molar-refractivity contribution in [3.8, 4) is 0 Å². The molecule has 0 aliphatic heterocycles. The van der Waals surface area contributed by atoms with Gasteiger partial charge >= 0.3 is 11.9 Å². The van der Waals surface area contributed by atoms with E-state index in [9.17, 15) is 14.4 Å². The molecule has 0 amide bonds. The number of hydrogen-bond donors (Lipinski definition) is 2. The molecule has 0 unspecified atom stereocenters. The molecular weight excluding hydrogens is 214 g/mol. The largest absolute Gasteiger partial charge is 0.480 e. The molecule has 92 valence electrons. The Hall–Kier alpha value is -1.43. The average molecular weight is 231 g/mol. The van der Waals surface area contributed by atoms with Gasteiger partial charge in [0, 0.05) is 19.3 Å². The van der Waals surface area contributed by atoms with Crippen LogP contribution in [-0.2, 0) is 19.1 Å². The molecule has 6 nitrogen and oxygen atoms in total. The van der Waals surface area contributed by atoms with E-state index in [0.29, 0.717) is 6.29 Å². The number of rotatable bonds is 7. The minimum absolute atomic E-state index is 0.142. The molecule has 0 aromatic rings. The van der Waals surface area contributed by atoms with E-state index in [1.807, 2.05) is 0 Å². The number of nitrogens with one attached hydrogen (secondary N) is 1. The SMILES string of the molecule is CN[C@H](C(=O)O)[C@H](OC(C)=O)[C@H](C)CC=O. The normalized spacial score (nSPS) is 15.9. The Bertz CT molecular complexity index is 266. The van der Waals surface area contributed by atoms with Gasteiger partial charge in [-0.15, -0.1) is 0 Å². The van der Waals surface area contributed by atoms with Gasteiger partial charge in [-0.3, -0.25) is 9.59 Å². The fourth-order valence-electron chi connectivity index (χ4n) is 1.42. The lowest BCUT2D eigenvalue weighted by Crippen LogP contribution is -2.49. The molecule has 0 spiro atoms. The smallest absolute Gasteiger partial charge is 0.324 e. The van der Waals surface area contributed by atoms with Gasteiger partial charge in [-0.25, -0.2) is 0 Å². The average Bonchev–Trinajstić information content (AvgIpc) is 2.16. The summed E-state index contributed by atoms with van der Waals surface area (Å²) in [7, 11) is 1.46. The van der Waals surface area contributed by atoms with E-state index in [0.717, 1.165) is 0 Å². The molecule has 0 saturated carbocycles. The number of aldehydes is 1. The first-order chi connectivity index (χ1) is 7.43. The van der Waals surface area contributed by atoms with Crippen LogP contribution in [0, 0.1) is 5.92 Å². The summed E-state index contributed by atoms with van der Waals surface area (Å²) in [5.74, 6) is -2.04. The van der Waals surface area contributed by atoms with Crippen molar-refractivity contribution < 1.29 is 24.2 Å². The molecule has 0 aliphatic carbocycles. The summed E-state index contributed by atoms with van der Waals surface area (Å²) in [6, 6.07) is -1.01. The molecule has 16 heavy (non-hydrogen) atoms. The summed E-state index contributed by atoms with van der Waals surface area (Å²) in [5, 5.41) is 11.5. The first-order valence-electron chi connectivity index (χ1n) is 4.95. The standard InChI is InChI=1S/C10H17NO5/c1-6(4-5-12)9(16-7(2)13)8(11-3)10(14)15/h5-6,8-9,11H,4H2,1-3H3,(H,14,15)/t6-,8+,9-/m1/s1. The van der Waals surface area contributed by atoms with E-state index in [2.05, 4.69) is 5.32 Å². The minimum atomic E-state index is -1.12. The van der Waals surface area contributed by atoms with Gasteiger partial charge in [0.25, 0.3) is 0 Å². The third kappa shape index (κ3) is 4.39. The molecule has 6 heteroatoms. The van der Waals surface area contributed by atoms with Gasteiger partial charge in [0.1, 0.15) is 18.4 Å². The second-order valence-corrected chi connectivity index (χ2v) is 3.56. The number of carbonyl (C=O) groups excluding carboxylic acids is 2. The van der Waals surface area contributed by atoms with Crippen LogP contribution in [0.4, 0.5) is 0 Å². The molecular formula is C10H17NO5. The Labute approximate surface area is 94.0 Å². The van der Waals surface area contributed by atoms with Gasteiger partial charge in [-0.2, -0.15) is 0 Å². The maximum atomic E-state index is 10.9. The number of aliphatic carboxylic acids is 1. The van der Waals surface area contributed by atoms with Gasteiger partial charge in [-0.1, -0.05) is 6.92 Å². The monoisotopic (exact) mass is 231 g/mol. The van der Waals surface area contributed by atoms with E-state index in [4.69, 9.17) is 9.84 Å². The van der Waals surface area contributed by atoms with Crippen LogP contribution < -0.4 is 5.32 Å². The number of carbonyl (C=O) groups is 3. The second kappa shape index (κ2) is 6.95. The van der Waals surface area contributed by atoms with Crippen molar-refractivity contribution >= 4 is 18.2 Å². The highest BCUT2D eigenvalue weighted by Gasteiger charge is 2.33.